The predicted octanol–water partition coefficient (Wildman–Crippen LogP) is 6.53. The molecule has 33 heavy (non-hydrogen) atoms. The number of ether oxygens (including phenoxy) is 2. The van der Waals surface area contributed by atoms with Crippen LogP contribution in [-0.4, -0.2) is 24.4 Å². The average Bonchev–Trinajstić information content (AvgIpc) is 3.20. The Morgan fingerprint density at radius 2 is 1.82 bits per heavy atom. The molecular formula is C24H20F3N3O2S. The molecule has 0 saturated heterocycles. The van der Waals surface area contributed by atoms with Crippen molar-refractivity contribution >= 4 is 32.9 Å². The number of para-hydroxylation sites is 1. The van der Waals surface area contributed by atoms with Gasteiger partial charge in [0, 0.05) is 5.56 Å². The van der Waals surface area contributed by atoms with Crippen molar-refractivity contribution in [2.45, 2.75) is 13.1 Å². The van der Waals surface area contributed by atoms with Gasteiger partial charge < -0.3 is 9.47 Å². The van der Waals surface area contributed by atoms with Gasteiger partial charge in [0.05, 0.1) is 22.0 Å². The molecule has 0 aliphatic heterocycles. The van der Waals surface area contributed by atoms with Crippen molar-refractivity contribution in [2.24, 2.45) is 5.10 Å². The number of rotatable bonds is 8. The maximum atomic E-state index is 12.8. The van der Waals surface area contributed by atoms with Crippen molar-refractivity contribution in [2.75, 3.05) is 18.6 Å². The Labute approximate surface area is 192 Å². The molecule has 0 aliphatic rings. The lowest BCUT2D eigenvalue weighted by Crippen LogP contribution is -2.11. The third-order valence-electron chi connectivity index (χ3n) is 4.59. The monoisotopic (exact) mass is 471 g/mol. The summed E-state index contributed by atoms with van der Waals surface area (Å²) in [6.07, 6.45) is -2.77. The Hall–Kier alpha value is -3.59. The number of fused-ring (bicyclic) bond motifs is 1. The molecule has 0 spiro atoms. The van der Waals surface area contributed by atoms with Crippen LogP contribution < -0.4 is 14.9 Å². The van der Waals surface area contributed by atoms with Crippen LogP contribution in [0.25, 0.3) is 10.2 Å². The fourth-order valence-corrected chi connectivity index (χ4v) is 3.87. The highest BCUT2D eigenvalue weighted by molar-refractivity contribution is 7.22. The van der Waals surface area contributed by atoms with E-state index in [0.717, 1.165) is 33.5 Å². The number of aryl methyl sites for hydroxylation is 1. The van der Waals surface area contributed by atoms with Crippen LogP contribution in [0.5, 0.6) is 11.5 Å². The zero-order valence-electron chi connectivity index (χ0n) is 17.6. The van der Waals surface area contributed by atoms with Gasteiger partial charge in [0.15, 0.2) is 0 Å². The van der Waals surface area contributed by atoms with Crippen LogP contribution in [0.4, 0.5) is 18.3 Å². The molecule has 3 aromatic carbocycles. The Morgan fingerprint density at radius 1 is 1.00 bits per heavy atom. The number of nitrogens with one attached hydrogen (secondary N) is 1. The first-order valence-corrected chi connectivity index (χ1v) is 10.9. The van der Waals surface area contributed by atoms with Gasteiger partial charge in [0.2, 0.25) is 5.13 Å². The highest BCUT2D eigenvalue weighted by atomic mass is 32.1. The van der Waals surface area contributed by atoms with Gasteiger partial charge in [-0.1, -0.05) is 41.2 Å². The number of nitrogens with zero attached hydrogens (tertiary/aromatic N) is 2. The molecule has 0 fully saturated rings. The minimum atomic E-state index is -4.41. The van der Waals surface area contributed by atoms with Crippen molar-refractivity contribution in [1.82, 2.24) is 4.98 Å². The molecule has 0 saturated carbocycles. The standard InChI is InChI=1S/C24H20F3N3O2S/c1-16-9-10-21(32-12-11-31-19-6-4-5-18(14-19)24(25,26)27)17(13-16)15-28-30-23-29-20-7-2-3-8-22(20)33-23/h2-10,13-15H,11-12H2,1H3,(H,29,30). The van der Waals surface area contributed by atoms with Gasteiger partial charge >= 0.3 is 6.18 Å². The van der Waals surface area contributed by atoms with Crippen molar-refractivity contribution < 1.29 is 22.6 Å². The molecule has 9 heteroatoms. The van der Waals surface area contributed by atoms with Crippen LogP contribution in [-0.2, 0) is 6.18 Å². The molecule has 1 N–H and O–H groups in total. The van der Waals surface area contributed by atoms with Crippen LogP contribution in [0.3, 0.4) is 0 Å². The van der Waals surface area contributed by atoms with E-state index in [9.17, 15) is 13.2 Å². The first kappa shape index (κ1) is 22.6. The summed E-state index contributed by atoms with van der Waals surface area (Å²) < 4.78 is 50.7. The molecule has 1 heterocycles. The lowest BCUT2D eigenvalue weighted by atomic mass is 10.1. The zero-order chi connectivity index (χ0) is 23.3. The molecular weight excluding hydrogens is 451 g/mol. The van der Waals surface area contributed by atoms with Crippen LogP contribution in [0.1, 0.15) is 16.7 Å². The quantitative estimate of drug-likeness (QED) is 0.180. The maximum absolute atomic E-state index is 12.8. The van der Waals surface area contributed by atoms with Gasteiger partial charge in [-0.05, 0) is 49.4 Å². The number of anilines is 1. The van der Waals surface area contributed by atoms with E-state index in [0.29, 0.717) is 10.9 Å². The van der Waals surface area contributed by atoms with Crippen LogP contribution >= 0.6 is 11.3 Å². The fraction of sp³-hybridized carbons (Fsp3) is 0.167. The summed E-state index contributed by atoms with van der Waals surface area (Å²) in [6.45, 7) is 2.21. The Balaban J connectivity index is 1.35. The fourth-order valence-electron chi connectivity index (χ4n) is 3.05. The first-order chi connectivity index (χ1) is 15.9. The molecule has 170 valence electrons. The van der Waals surface area contributed by atoms with E-state index in [1.807, 2.05) is 49.4 Å². The third-order valence-corrected chi connectivity index (χ3v) is 5.54. The molecule has 4 aromatic rings. The minimum absolute atomic E-state index is 0.0930. The number of hydrogen-bond acceptors (Lipinski definition) is 6. The SMILES string of the molecule is Cc1ccc(OCCOc2cccc(C(F)(F)F)c2)c(C=NNc2nc3ccccc3s2)c1. The molecule has 0 radical (unpaired) electrons. The molecule has 5 nitrogen and oxygen atoms in total. The molecule has 0 aliphatic carbocycles. The normalized spacial score (nSPS) is 11.8. The van der Waals surface area contributed by atoms with Gasteiger partial charge in [-0.2, -0.15) is 18.3 Å². The van der Waals surface area contributed by atoms with E-state index >= 15 is 0 Å². The average molecular weight is 472 g/mol. The Morgan fingerprint density at radius 3 is 2.64 bits per heavy atom. The van der Waals surface area contributed by atoms with Gasteiger partial charge in [0.1, 0.15) is 24.7 Å². The van der Waals surface area contributed by atoms with Gasteiger partial charge in [-0.25, -0.2) is 4.98 Å². The smallest absolute Gasteiger partial charge is 0.416 e. The molecule has 4 rings (SSSR count). The van der Waals surface area contributed by atoms with E-state index in [-0.39, 0.29) is 19.0 Å². The lowest BCUT2D eigenvalue weighted by Gasteiger charge is -2.12. The number of aromatic nitrogens is 1. The number of hydrogen-bond donors (Lipinski definition) is 1. The third kappa shape index (κ3) is 6.01. The minimum Gasteiger partial charge on any atom is -0.490 e. The van der Waals surface area contributed by atoms with Crippen molar-refractivity contribution in [1.29, 1.82) is 0 Å². The van der Waals surface area contributed by atoms with Crippen LogP contribution in [0.2, 0.25) is 0 Å². The first-order valence-electron chi connectivity index (χ1n) is 10.1. The van der Waals surface area contributed by atoms with Crippen molar-refractivity contribution in [3.8, 4) is 11.5 Å². The number of thiazole rings is 1. The topological polar surface area (TPSA) is 55.7 Å². The van der Waals surface area contributed by atoms with E-state index < -0.39 is 11.7 Å². The largest absolute Gasteiger partial charge is 0.490 e. The van der Waals surface area contributed by atoms with E-state index in [1.165, 1.54) is 23.5 Å². The lowest BCUT2D eigenvalue weighted by molar-refractivity contribution is -0.137. The number of halogens is 3. The number of alkyl halides is 3. The predicted molar refractivity (Wildman–Crippen MR) is 124 cm³/mol. The second kappa shape index (κ2) is 9.91. The van der Waals surface area contributed by atoms with E-state index in [1.54, 1.807) is 6.21 Å². The van der Waals surface area contributed by atoms with Crippen molar-refractivity contribution in [3.63, 3.8) is 0 Å². The van der Waals surface area contributed by atoms with Gasteiger partial charge in [-0.15, -0.1) is 0 Å². The summed E-state index contributed by atoms with van der Waals surface area (Å²) >= 11 is 1.50. The summed E-state index contributed by atoms with van der Waals surface area (Å²) in [5, 5.41) is 4.95. The Bertz CT molecular complexity index is 1240. The number of benzene rings is 3. The zero-order valence-corrected chi connectivity index (χ0v) is 18.4. The summed E-state index contributed by atoms with van der Waals surface area (Å²) in [7, 11) is 0. The molecule has 1 aromatic heterocycles. The summed E-state index contributed by atoms with van der Waals surface area (Å²) in [4.78, 5) is 4.47. The van der Waals surface area contributed by atoms with E-state index in [4.69, 9.17) is 9.47 Å². The maximum Gasteiger partial charge on any atom is 0.416 e. The molecule has 0 bridgehead atoms. The number of hydrazone groups is 1. The molecule has 0 unspecified atom stereocenters. The summed E-state index contributed by atoms with van der Waals surface area (Å²) in [5.74, 6) is 0.724. The summed E-state index contributed by atoms with van der Waals surface area (Å²) in [6, 6.07) is 18.2. The van der Waals surface area contributed by atoms with Crippen LogP contribution in [0.15, 0.2) is 71.8 Å². The van der Waals surface area contributed by atoms with Crippen LogP contribution in [0, 0.1) is 6.92 Å². The van der Waals surface area contributed by atoms with Gasteiger partial charge in [-0.3, -0.25) is 5.43 Å². The highest BCUT2D eigenvalue weighted by Gasteiger charge is 2.30. The molecule has 0 atom stereocenters. The highest BCUT2D eigenvalue weighted by Crippen LogP contribution is 2.31. The second-order valence-electron chi connectivity index (χ2n) is 7.12. The van der Waals surface area contributed by atoms with Crippen molar-refractivity contribution in [3.05, 3.63) is 83.4 Å². The van der Waals surface area contributed by atoms with Gasteiger partial charge in [0.25, 0.3) is 0 Å². The van der Waals surface area contributed by atoms with E-state index in [2.05, 4.69) is 15.5 Å². The second-order valence-corrected chi connectivity index (χ2v) is 8.15. The Kier molecular flexibility index (Phi) is 6.79. The molecule has 0 amide bonds. The summed E-state index contributed by atoms with van der Waals surface area (Å²) in [5.41, 5.74) is 4.88.